The molecule has 0 radical (unpaired) electrons. The lowest BCUT2D eigenvalue weighted by Gasteiger charge is -2.27. The Kier molecular flexibility index (Phi) is 6.09. The number of ether oxygens (including phenoxy) is 2. The molecule has 0 saturated carbocycles. The van der Waals surface area contributed by atoms with Crippen LogP contribution in [-0.2, 0) is 20.8 Å². The zero-order valence-electron chi connectivity index (χ0n) is 18.6. The molecule has 1 N–H and O–H groups in total. The molecule has 1 saturated heterocycles. The van der Waals surface area contributed by atoms with Gasteiger partial charge in [-0.1, -0.05) is 23.7 Å². The number of carbonyl (C=O) groups is 2. The van der Waals surface area contributed by atoms with E-state index in [-0.39, 0.29) is 11.9 Å². The summed E-state index contributed by atoms with van der Waals surface area (Å²) in [7, 11) is 0. The van der Waals surface area contributed by atoms with E-state index in [0.29, 0.717) is 47.6 Å². The van der Waals surface area contributed by atoms with Gasteiger partial charge in [0.05, 0.1) is 29.6 Å². The van der Waals surface area contributed by atoms with Crippen molar-refractivity contribution in [3.8, 4) is 11.3 Å². The van der Waals surface area contributed by atoms with Crippen molar-refractivity contribution in [1.29, 1.82) is 0 Å². The molecular formula is C23H27ClN4O4. The zero-order chi connectivity index (χ0) is 23.0. The van der Waals surface area contributed by atoms with Crippen LogP contribution in [0, 0.1) is 0 Å². The molecule has 1 aromatic heterocycles. The largest absolute Gasteiger partial charge is 0.458 e. The quantitative estimate of drug-likeness (QED) is 0.683. The van der Waals surface area contributed by atoms with Crippen LogP contribution in [0.2, 0.25) is 5.02 Å². The molecule has 1 fully saturated rings. The summed E-state index contributed by atoms with van der Waals surface area (Å²) in [5.74, 6) is -0.178. The third-order valence-electron chi connectivity index (χ3n) is 5.44. The molecule has 0 aliphatic carbocycles. The second-order valence-corrected chi connectivity index (χ2v) is 9.52. The molecule has 2 unspecified atom stereocenters. The predicted molar refractivity (Wildman–Crippen MR) is 121 cm³/mol. The van der Waals surface area contributed by atoms with Crippen molar-refractivity contribution >= 4 is 29.4 Å². The van der Waals surface area contributed by atoms with Crippen molar-refractivity contribution < 1.29 is 19.1 Å². The number of rotatable bonds is 5. The van der Waals surface area contributed by atoms with Gasteiger partial charge in [-0.3, -0.25) is 4.79 Å². The molecule has 2 aromatic rings. The van der Waals surface area contributed by atoms with Gasteiger partial charge in [-0.15, -0.1) is 0 Å². The molecule has 1 aromatic carbocycles. The number of carbonyl (C=O) groups excluding carboxylic acids is 2. The Balaban J connectivity index is 1.56. The average molecular weight is 459 g/mol. The van der Waals surface area contributed by atoms with Crippen LogP contribution >= 0.6 is 11.6 Å². The molecule has 2 atom stereocenters. The Morgan fingerprint density at radius 1 is 1.38 bits per heavy atom. The first-order chi connectivity index (χ1) is 15.1. The van der Waals surface area contributed by atoms with Gasteiger partial charge in [-0.2, -0.15) is 0 Å². The first-order valence-electron chi connectivity index (χ1n) is 10.7. The van der Waals surface area contributed by atoms with E-state index in [1.165, 1.54) is 4.90 Å². The van der Waals surface area contributed by atoms with Gasteiger partial charge in [0.15, 0.2) is 0 Å². The Bertz CT molecular complexity index is 1050. The Hall–Kier alpha value is -2.71. The minimum atomic E-state index is -0.690. The van der Waals surface area contributed by atoms with Gasteiger partial charge in [0.1, 0.15) is 11.6 Å². The van der Waals surface area contributed by atoms with Crippen molar-refractivity contribution in [1.82, 2.24) is 14.9 Å². The number of fused-ring (bicyclic) bond motifs is 1. The van der Waals surface area contributed by atoms with E-state index >= 15 is 0 Å². The van der Waals surface area contributed by atoms with Crippen LogP contribution in [0.4, 0.5) is 5.95 Å². The van der Waals surface area contributed by atoms with Gasteiger partial charge in [0.25, 0.3) is 5.91 Å². The van der Waals surface area contributed by atoms with Crippen molar-refractivity contribution in [2.24, 2.45) is 0 Å². The SMILES string of the molecule is CC(C(=O)OC(C)(C)C)N1Cc2ccc(-c3nc(NC4CCOC4)ncc3Cl)cc2C1=O. The van der Waals surface area contributed by atoms with Crippen LogP contribution in [0.5, 0.6) is 0 Å². The number of nitrogens with one attached hydrogen (secondary N) is 1. The lowest BCUT2D eigenvalue weighted by atomic mass is 10.0. The van der Waals surface area contributed by atoms with Crippen LogP contribution in [0.25, 0.3) is 11.3 Å². The summed E-state index contributed by atoms with van der Waals surface area (Å²) in [5, 5.41) is 3.65. The second-order valence-electron chi connectivity index (χ2n) is 9.11. The number of nitrogens with zero attached hydrogens (tertiary/aromatic N) is 3. The number of halogens is 1. The minimum Gasteiger partial charge on any atom is -0.458 e. The van der Waals surface area contributed by atoms with Gasteiger partial charge in [0, 0.05) is 24.3 Å². The highest BCUT2D eigenvalue weighted by Gasteiger charge is 2.36. The van der Waals surface area contributed by atoms with E-state index in [9.17, 15) is 9.59 Å². The fourth-order valence-corrected chi connectivity index (χ4v) is 3.97. The molecule has 4 rings (SSSR count). The van der Waals surface area contributed by atoms with Crippen LogP contribution in [0.3, 0.4) is 0 Å². The predicted octanol–water partition coefficient (Wildman–Crippen LogP) is 3.68. The summed E-state index contributed by atoms with van der Waals surface area (Å²) in [4.78, 5) is 35.9. The summed E-state index contributed by atoms with van der Waals surface area (Å²) in [6.07, 6.45) is 2.44. The summed E-state index contributed by atoms with van der Waals surface area (Å²) in [6.45, 7) is 8.77. The summed E-state index contributed by atoms with van der Waals surface area (Å²) in [6, 6.07) is 5.00. The standard InChI is InChI=1S/C23H27ClN4O4/c1-13(21(30)32-23(2,3)4)28-11-15-6-5-14(9-17(15)20(28)29)19-18(24)10-25-22(27-19)26-16-7-8-31-12-16/h5-6,9-10,13,16H,7-8,11-12H2,1-4H3,(H,25,26,27). The molecule has 0 spiro atoms. The maximum absolute atomic E-state index is 13.1. The highest BCUT2D eigenvalue weighted by atomic mass is 35.5. The maximum atomic E-state index is 13.1. The molecule has 32 heavy (non-hydrogen) atoms. The molecule has 8 nitrogen and oxygen atoms in total. The van der Waals surface area contributed by atoms with E-state index < -0.39 is 17.6 Å². The number of aromatic nitrogens is 2. The third-order valence-corrected chi connectivity index (χ3v) is 5.71. The van der Waals surface area contributed by atoms with Crippen LogP contribution in [-0.4, -0.2) is 57.6 Å². The maximum Gasteiger partial charge on any atom is 0.329 e. The Labute approximate surface area is 192 Å². The number of anilines is 1. The first kappa shape index (κ1) is 22.5. The van der Waals surface area contributed by atoms with Crippen LogP contribution in [0.1, 0.15) is 50.0 Å². The van der Waals surface area contributed by atoms with Gasteiger partial charge >= 0.3 is 5.97 Å². The Morgan fingerprint density at radius 3 is 2.84 bits per heavy atom. The van der Waals surface area contributed by atoms with Crippen LogP contribution < -0.4 is 5.32 Å². The normalized spacial score (nSPS) is 19.1. The monoisotopic (exact) mass is 458 g/mol. The topological polar surface area (TPSA) is 93.7 Å². The van der Waals surface area contributed by atoms with E-state index in [0.717, 1.165) is 12.0 Å². The van der Waals surface area contributed by atoms with E-state index in [1.54, 1.807) is 40.0 Å². The first-order valence-corrected chi connectivity index (χ1v) is 11.0. The molecule has 9 heteroatoms. The lowest BCUT2D eigenvalue weighted by molar-refractivity contribution is -0.159. The van der Waals surface area contributed by atoms with Crippen molar-refractivity contribution in [2.45, 2.75) is 58.3 Å². The molecular weight excluding hydrogens is 432 g/mol. The van der Waals surface area contributed by atoms with E-state index in [1.807, 2.05) is 12.1 Å². The molecule has 170 valence electrons. The average Bonchev–Trinajstić information content (AvgIpc) is 3.35. The van der Waals surface area contributed by atoms with Crippen molar-refractivity contribution in [2.75, 3.05) is 18.5 Å². The molecule has 1 amide bonds. The smallest absolute Gasteiger partial charge is 0.329 e. The van der Waals surface area contributed by atoms with Gasteiger partial charge in [0.2, 0.25) is 5.95 Å². The number of esters is 1. The summed E-state index contributed by atoms with van der Waals surface area (Å²) >= 11 is 6.38. The van der Waals surface area contributed by atoms with Gasteiger partial charge < -0.3 is 19.7 Å². The summed E-state index contributed by atoms with van der Waals surface area (Å²) < 4.78 is 10.8. The number of hydrogen-bond acceptors (Lipinski definition) is 7. The third kappa shape index (κ3) is 4.71. The number of hydrogen-bond donors (Lipinski definition) is 1. The summed E-state index contributed by atoms with van der Waals surface area (Å²) in [5.41, 5.74) is 2.01. The number of amides is 1. The van der Waals surface area contributed by atoms with Gasteiger partial charge in [-0.25, -0.2) is 14.8 Å². The zero-order valence-corrected chi connectivity index (χ0v) is 19.4. The lowest BCUT2D eigenvalue weighted by Crippen LogP contribution is -2.42. The van der Waals surface area contributed by atoms with E-state index in [4.69, 9.17) is 21.1 Å². The number of benzene rings is 1. The molecule has 0 bridgehead atoms. The van der Waals surface area contributed by atoms with Crippen molar-refractivity contribution in [3.05, 3.63) is 40.5 Å². The van der Waals surface area contributed by atoms with E-state index in [2.05, 4.69) is 15.3 Å². The molecule has 3 heterocycles. The highest BCUT2D eigenvalue weighted by Crippen LogP contribution is 2.32. The van der Waals surface area contributed by atoms with Gasteiger partial charge in [-0.05, 0) is 45.7 Å². The minimum absolute atomic E-state index is 0.161. The highest BCUT2D eigenvalue weighted by molar-refractivity contribution is 6.33. The van der Waals surface area contributed by atoms with Crippen molar-refractivity contribution in [3.63, 3.8) is 0 Å². The van der Waals surface area contributed by atoms with Crippen LogP contribution in [0.15, 0.2) is 24.4 Å². The fourth-order valence-electron chi connectivity index (χ4n) is 3.77. The molecule has 2 aliphatic heterocycles. The molecule has 2 aliphatic rings. The fraction of sp³-hybridized carbons (Fsp3) is 0.478. The Morgan fingerprint density at radius 2 is 2.16 bits per heavy atom. The second kappa shape index (κ2) is 8.67.